The van der Waals surface area contributed by atoms with Crippen molar-refractivity contribution in [1.29, 1.82) is 0 Å². The number of nitrogens with one attached hydrogen (secondary N) is 1. The summed E-state index contributed by atoms with van der Waals surface area (Å²) in [6.45, 7) is 7.99. The molecule has 138 valence electrons. The van der Waals surface area contributed by atoms with Crippen molar-refractivity contribution < 1.29 is 9.53 Å². The molecule has 1 aromatic heterocycles. The van der Waals surface area contributed by atoms with Crippen molar-refractivity contribution in [2.45, 2.75) is 63.9 Å². The molecule has 0 radical (unpaired) electrons. The number of carbonyl (C=O) groups excluding carboxylic acids is 1. The van der Waals surface area contributed by atoms with E-state index in [-0.39, 0.29) is 18.2 Å². The number of amides is 2. The van der Waals surface area contributed by atoms with Crippen LogP contribution in [-0.2, 0) is 11.3 Å². The lowest BCUT2D eigenvalue weighted by atomic mass is 10.1. The highest BCUT2D eigenvalue weighted by molar-refractivity contribution is 5.74. The summed E-state index contributed by atoms with van der Waals surface area (Å²) in [4.78, 5) is 17.2. The minimum atomic E-state index is -0.0785. The van der Waals surface area contributed by atoms with Gasteiger partial charge in [0.25, 0.3) is 0 Å². The molecule has 3 atom stereocenters. The molecule has 2 aliphatic heterocycles. The number of hydrogen-bond acceptors (Lipinski definition) is 4. The number of ether oxygens (including phenoxy) is 1. The van der Waals surface area contributed by atoms with Crippen LogP contribution in [0.25, 0.3) is 0 Å². The second-order valence-electron chi connectivity index (χ2n) is 7.59. The Balaban J connectivity index is 1.32. The first-order chi connectivity index (χ1) is 12.1. The van der Waals surface area contributed by atoms with E-state index in [0.717, 1.165) is 31.1 Å². The highest BCUT2D eigenvalue weighted by atomic mass is 16.5. The predicted molar refractivity (Wildman–Crippen MR) is 94.3 cm³/mol. The Hall–Kier alpha value is -1.60. The van der Waals surface area contributed by atoms with Crippen LogP contribution in [0.1, 0.15) is 44.8 Å². The smallest absolute Gasteiger partial charge is 0.317 e. The SMILES string of the molecule is CCn1cc([C@@H]2CN(C(=O)N[C@H]3C[C@@H](C)N(C4CC4)C3)CCO2)cn1. The quantitative estimate of drug-likeness (QED) is 0.899. The Morgan fingerprint density at radius 3 is 2.96 bits per heavy atom. The van der Waals surface area contributed by atoms with Gasteiger partial charge in [-0.1, -0.05) is 0 Å². The molecule has 3 aliphatic rings. The number of aryl methyl sites for hydroxylation is 1. The van der Waals surface area contributed by atoms with Crippen molar-refractivity contribution in [2.24, 2.45) is 0 Å². The average Bonchev–Trinajstić information content (AvgIpc) is 3.23. The largest absolute Gasteiger partial charge is 0.370 e. The topological polar surface area (TPSA) is 62.6 Å². The van der Waals surface area contributed by atoms with E-state index in [1.165, 1.54) is 12.8 Å². The van der Waals surface area contributed by atoms with Crippen molar-refractivity contribution in [2.75, 3.05) is 26.2 Å². The first-order valence-corrected chi connectivity index (χ1v) is 9.59. The van der Waals surface area contributed by atoms with E-state index in [2.05, 4.69) is 29.2 Å². The van der Waals surface area contributed by atoms with Gasteiger partial charge in [0.1, 0.15) is 6.10 Å². The molecule has 0 bridgehead atoms. The second kappa shape index (κ2) is 6.96. The Bertz CT molecular complexity index is 614. The van der Waals surface area contributed by atoms with Gasteiger partial charge in [-0.3, -0.25) is 9.58 Å². The molecule has 7 heteroatoms. The average molecular weight is 347 g/mol. The minimum Gasteiger partial charge on any atom is -0.370 e. The van der Waals surface area contributed by atoms with Crippen LogP contribution in [0, 0.1) is 0 Å². The first kappa shape index (κ1) is 16.8. The minimum absolute atomic E-state index is 0.0473. The second-order valence-corrected chi connectivity index (χ2v) is 7.59. The van der Waals surface area contributed by atoms with Crippen LogP contribution in [0.3, 0.4) is 0 Å². The zero-order chi connectivity index (χ0) is 17.4. The van der Waals surface area contributed by atoms with Crippen LogP contribution in [0.5, 0.6) is 0 Å². The molecule has 0 aromatic carbocycles. The fourth-order valence-corrected chi connectivity index (χ4v) is 4.10. The third kappa shape index (κ3) is 3.67. The lowest BCUT2D eigenvalue weighted by molar-refractivity contribution is -0.0158. The number of carbonyl (C=O) groups is 1. The lowest BCUT2D eigenvalue weighted by Crippen LogP contribution is -2.50. The normalized spacial score (nSPS) is 30.6. The Morgan fingerprint density at radius 1 is 1.40 bits per heavy atom. The van der Waals surface area contributed by atoms with Crippen molar-refractivity contribution >= 4 is 6.03 Å². The molecule has 3 heterocycles. The summed E-state index contributed by atoms with van der Waals surface area (Å²) in [5, 5.41) is 7.56. The van der Waals surface area contributed by atoms with Crippen LogP contribution in [-0.4, -0.2) is 70.0 Å². The van der Waals surface area contributed by atoms with E-state index in [1.807, 2.05) is 22.0 Å². The summed E-state index contributed by atoms with van der Waals surface area (Å²) in [5.41, 5.74) is 1.05. The van der Waals surface area contributed by atoms with Crippen molar-refractivity contribution in [3.63, 3.8) is 0 Å². The van der Waals surface area contributed by atoms with Crippen LogP contribution in [0.2, 0.25) is 0 Å². The third-order valence-corrected chi connectivity index (χ3v) is 5.67. The maximum Gasteiger partial charge on any atom is 0.317 e. The molecule has 4 rings (SSSR count). The lowest BCUT2D eigenvalue weighted by Gasteiger charge is -2.33. The maximum atomic E-state index is 12.7. The maximum absolute atomic E-state index is 12.7. The van der Waals surface area contributed by atoms with Gasteiger partial charge in [0.2, 0.25) is 0 Å². The number of hydrogen-bond donors (Lipinski definition) is 1. The zero-order valence-electron chi connectivity index (χ0n) is 15.2. The number of rotatable bonds is 4. The summed E-state index contributed by atoms with van der Waals surface area (Å²) >= 11 is 0. The first-order valence-electron chi connectivity index (χ1n) is 9.59. The monoisotopic (exact) mass is 347 g/mol. The van der Waals surface area contributed by atoms with Gasteiger partial charge in [-0.15, -0.1) is 0 Å². The van der Waals surface area contributed by atoms with Crippen LogP contribution >= 0.6 is 0 Å². The van der Waals surface area contributed by atoms with E-state index in [4.69, 9.17) is 4.74 Å². The van der Waals surface area contributed by atoms with Gasteiger partial charge in [-0.05, 0) is 33.1 Å². The van der Waals surface area contributed by atoms with Gasteiger partial charge in [0, 0.05) is 49.5 Å². The summed E-state index contributed by atoms with van der Waals surface area (Å²) < 4.78 is 7.76. The number of nitrogens with zero attached hydrogens (tertiary/aromatic N) is 4. The van der Waals surface area contributed by atoms with Gasteiger partial charge >= 0.3 is 6.03 Å². The van der Waals surface area contributed by atoms with E-state index in [1.54, 1.807) is 0 Å². The molecule has 1 N–H and O–H groups in total. The van der Waals surface area contributed by atoms with Crippen molar-refractivity contribution in [3.8, 4) is 0 Å². The van der Waals surface area contributed by atoms with E-state index >= 15 is 0 Å². The summed E-state index contributed by atoms with van der Waals surface area (Å²) in [6.07, 6.45) is 7.48. The molecule has 1 aromatic rings. The summed E-state index contributed by atoms with van der Waals surface area (Å²) in [7, 11) is 0. The van der Waals surface area contributed by atoms with Crippen LogP contribution in [0.4, 0.5) is 4.79 Å². The van der Waals surface area contributed by atoms with E-state index < -0.39 is 0 Å². The Morgan fingerprint density at radius 2 is 2.24 bits per heavy atom. The molecule has 2 saturated heterocycles. The Labute approximate surface area is 149 Å². The van der Waals surface area contributed by atoms with Crippen molar-refractivity contribution in [1.82, 2.24) is 24.9 Å². The van der Waals surface area contributed by atoms with Crippen LogP contribution in [0.15, 0.2) is 12.4 Å². The standard InChI is InChI=1S/C18H29N5O2/c1-3-22-10-14(9-19-22)17-12-21(6-7-25-17)18(24)20-15-8-13(2)23(11-15)16-4-5-16/h9-10,13,15-17H,3-8,11-12H2,1-2H3,(H,20,24)/t13-,15+,17+/m1/s1. The van der Waals surface area contributed by atoms with E-state index in [9.17, 15) is 4.79 Å². The molecule has 7 nitrogen and oxygen atoms in total. The van der Waals surface area contributed by atoms with E-state index in [0.29, 0.717) is 25.7 Å². The predicted octanol–water partition coefficient (Wildman–Crippen LogP) is 1.61. The zero-order valence-corrected chi connectivity index (χ0v) is 15.2. The van der Waals surface area contributed by atoms with Crippen LogP contribution < -0.4 is 5.32 Å². The molecule has 3 fully saturated rings. The van der Waals surface area contributed by atoms with Crippen molar-refractivity contribution in [3.05, 3.63) is 18.0 Å². The van der Waals surface area contributed by atoms with Gasteiger partial charge in [0.05, 0.1) is 19.3 Å². The summed E-state index contributed by atoms with van der Waals surface area (Å²) in [5.74, 6) is 0. The van der Waals surface area contributed by atoms with Gasteiger partial charge < -0.3 is 15.0 Å². The highest BCUT2D eigenvalue weighted by Crippen LogP contribution is 2.33. The molecular formula is C18H29N5O2. The van der Waals surface area contributed by atoms with Gasteiger partial charge in [0.15, 0.2) is 0 Å². The molecular weight excluding hydrogens is 318 g/mol. The molecule has 0 spiro atoms. The van der Waals surface area contributed by atoms with Gasteiger partial charge in [-0.25, -0.2) is 4.79 Å². The number of morpholine rings is 1. The number of likely N-dealkylation sites (tertiary alicyclic amines) is 1. The number of urea groups is 1. The fraction of sp³-hybridized carbons (Fsp3) is 0.778. The third-order valence-electron chi connectivity index (χ3n) is 5.67. The Kier molecular flexibility index (Phi) is 4.69. The molecule has 1 saturated carbocycles. The molecule has 1 aliphatic carbocycles. The number of aromatic nitrogens is 2. The van der Waals surface area contributed by atoms with Gasteiger partial charge in [-0.2, -0.15) is 5.10 Å². The molecule has 25 heavy (non-hydrogen) atoms. The molecule has 0 unspecified atom stereocenters. The molecule has 2 amide bonds. The fourth-order valence-electron chi connectivity index (χ4n) is 4.10. The summed E-state index contributed by atoms with van der Waals surface area (Å²) in [6, 6.07) is 1.66. The highest BCUT2D eigenvalue weighted by Gasteiger charge is 2.39.